The lowest BCUT2D eigenvalue weighted by Gasteiger charge is -2.33. The van der Waals surface area contributed by atoms with E-state index in [9.17, 15) is 9.90 Å². The van der Waals surface area contributed by atoms with Crippen molar-refractivity contribution in [3.05, 3.63) is 24.3 Å². The summed E-state index contributed by atoms with van der Waals surface area (Å²) in [5.41, 5.74) is 0. The molecule has 1 aliphatic rings. The van der Waals surface area contributed by atoms with Crippen LogP contribution in [-0.2, 0) is 4.79 Å². The number of nitrogens with zero attached hydrogens (tertiary/aromatic N) is 1. The topological polar surface area (TPSA) is 40.5 Å². The first-order chi connectivity index (χ1) is 9.56. The fourth-order valence-electron chi connectivity index (χ4n) is 2.65. The largest absolute Gasteiger partial charge is 0.508 e. The smallest absolute Gasteiger partial charge is 0.232 e. The van der Waals surface area contributed by atoms with Gasteiger partial charge in [0.25, 0.3) is 0 Å². The lowest BCUT2D eigenvalue weighted by molar-refractivity contribution is -0.129. The number of carbonyl (C=O) groups is 1. The molecule has 4 heteroatoms. The monoisotopic (exact) mass is 293 g/mol. The molecule has 0 unspecified atom stereocenters. The molecule has 0 saturated heterocycles. The molecule has 0 aliphatic heterocycles. The fraction of sp³-hybridized carbons (Fsp3) is 0.562. The third-order valence-electron chi connectivity index (χ3n) is 4.11. The standard InChI is InChI=1S/C16H23NO2S/c1-12-6-8-13(9-7-12)17(2)16(19)11-20-15-5-3-4-14(18)10-15/h3-5,10,12-13,18H,6-9,11H2,1-2H3. The molecule has 0 radical (unpaired) electrons. The van der Waals surface area contributed by atoms with Crippen molar-refractivity contribution >= 4 is 17.7 Å². The molecule has 0 aromatic heterocycles. The zero-order valence-electron chi connectivity index (χ0n) is 12.2. The van der Waals surface area contributed by atoms with Crippen LogP contribution >= 0.6 is 11.8 Å². The molecule has 1 aliphatic carbocycles. The van der Waals surface area contributed by atoms with E-state index in [1.54, 1.807) is 18.2 Å². The van der Waals surface area contributed by atoms with Crippen LogP contribution in [0, 0.1) is 5.92 Å². The van der Waals surface area contributed by atoms with Crippen molar-refractivity contribution in [2.75, 3.05) is 12.8 Å². The second-order valence-electron chi connectivity index (χ2n) is 5.70. The van der Waals surface area contributed by atoms with Gasteiger partial charge in [-0.15, -0.1) is 11.8 Å². The van der Waals surface area contributed by atoms with E-state index in [1.165, 1.54) is 24.6 Å². The Morgan fingerprint density at radius 3 is 2.70 bits per heavy atom. The number of phenolic OH excluding ortho intramolecular Hbond substituents is 1. The van der Waals surface area contributed by atoms with Crippen LogP contribution in [0.4, 0.5) is 0 Å². The lowest BCUT2D eigenvalue weighted by Crippen LogP contribution is -2.40. The Hall–Kier alpha value is -1.16. The van der Waals surface area contributed by atoms with Gasteiger partial charge < -0.3 is 10.0 Å². The zero-order valence-corrected chi connectivity index (χ0v) is 13.0. The molecule has 1 amide bonds. The van der Waals surface area contributed by atoms with Crippen LogP contribution in [0.5, 0.6) is 5.75 Å². The molecule has 2 rings (SSSR count). The van der Waals surface area contributed by atoms with E-state index >= 15 is 0 Å². The lowest BCUT2D eigenvalue weighted by atomic mass is 9.87. The average molecular weight is 293 g/mol. The van der Waals surface area contributed by atoms with Crippen LogP contribution in [0.3, 0.4) is 0 Å². The summed E-state index contributed by atoms with van der Waals surface area (Å²) in [6.45, 7) is 2.29. The van der Waals surface area contributed by atoms with Gasteiger partial charge in [0, 0.05) is 18.0 Å². The Balaban J connectivity index is 1.82. The molecule has 1 aromatic rings. The van der Waals surface area contributed by atoms with Crippen LogP contribution < -0.4 is 0 Å². The number of thioether (sulfide) groups is 1. The van der Waals surface area contributed by atoms with Crippen LogP contribution in [0.25, 0.3) is 0 Å². The quantitative estimate of drug-likeness (QED) is 0.864. The molecule has 0 bridgehead atoms. The maximum Gasteiger partial charge on any atom is 0.232 e. The molecule has 3 nitrogen and oxygen atoms in total. The Morgan fingerprint density at radius 1 is 1.35 bits per heavy atom. The van der Waals surface area contributed by atoms with Gasteiger partial charge in [-0.25, -0.2) is 0 Å². The average Bonchev–Trinajstić information content (AvgIpc) is 2.45. The van der Waals surface area contributed by atoms with Crippen molar-refractivity contribution in [1.29, 1.82) is 0 Å². The van der Waals surface area contributed by atoms with Crippen molar-refractivity contribution in [3.8, 4) is 5.75 Å². The number of aromatic hydroxyl groups is 1. The first kappa shape index (κ1) is 15.2. The minimum absolute atomic E-state index is 0.179. The Morgan fingerprint density at radius 2 is 2.05 bits per heavy atom. The first-order valence-corrected chi connectivity index (χ1v) is 8.22. The molecule has 1 N–H and O–H groups in total. The van der Waals surface area contributed by atoms with Gasteiger partial charge >= 0.3 is 0 Å². The van der Waals surface area contributed by atoms with Crippen LogP contribution in [0.1, 0.15) is 32.6 Å². The minimum Gasteiger partial charge on any atom is -0.508 e. The fourth-order valence-corrected chi connectivity index (χ4v) is 3.53. The van der Waals surface area contributed by atoms with Crippen molar-refractivity contribution < 1.29 is 9.90 Å². The third kappa shape index (κ3) is 4.17. The molecular formula is C16H23NO2S. The molecule has 1 fully saturated rings. The van der Waals surface area contributed by atoms with Crippen molar-refractivity contribution in [3.63, 3.8) is 0 Å². The second-order valence-corrected chi connectivity index (χ2v) is 6.75. The highest BCUT2D eigenvalue weighted by Crippen LogP contribution is 2.27. The SMILES string of the molecule is CC1CCC(N(C)C(=O)CSc2cccc(O)c2)CC1. The number of amides is 1. The Labute approximate surface area is 125 Å². The predicted molar refractivity (Wildman–Crippen MR) is 83.0 cm³/mol. The van der Waals surface area contributed by atoms with Crippen LogP contribution in [0.15, 0.2) is 29.2 Å². The maximum atomic E-state index is 12.2. The Kier molecular flexibility index (Phi) is 5.35. The van der Waals surface area contributed by atoms with Gasteiger partial charge in [0.15, 0.2) is 0 Å². The summed E-state index contributed by atoms with van der Waals surface area (Å²) < 4.78 is 0. The molecule has 1 saturated carbocycles. The molecule has 0 spiro atoms. The van der Waals surface area contributed by atoms with E-state index in [1.807, 2.05) is 18.0 Å². The summed E-state index contributed by atoms with van der Waals surface area (Å²) in [5.74, 6) is 1.66. The van der Waals surface area contributed by atoms with E-state index in [4.69, 9.17) is 0 Å². The second kappa shape index (κ2) is 7.02. The number of hydrogen-bond donors (Lipinski definition) is 1. The van der Waals surface area contributed by atoms with E-state index in [0.29, 0.717) is 11.8 Å². The van der Waals surface area contributed by atoms with Crippen LogP contribution in [0.2, 0.25) is 0 Å². The number of rotatable bonds is 4. The van der Waals surface area contributed by atoms with Gasteiger partial charge in [-0.1, -0.05) is 13.0 Å². The molecule has 1 aromatic carbocycles. The van der Waals surface area contributed by atoms with Crippen molar-refractivity contribution in [2.45, 2.75) is 43.5 Å². The first-order valence-electron chi connectivity index (χ1n) is 7.23. The van der Waals surface area contributed by atoms with E-state index in [2.05, 4.69) is 6.92 Å². The highest BCUT2D eigenvalue weighted by atomic mass is 32.2. The molecular weight excluding hydrogens is 270 g/mol. The zero-order chi connectivity index (χ0) is 14.5. The summed E-state index contributed by atoms with van der Waals surface area (Å²) in [4.78, 5) is 15.1. The summed E-state index contributed by atoms with van der Waals surface area (Å²) in [6, 6.07) is 7.46. The molecule has 0 heterocycles. The number of hydrogen-bond acceptors (Lipinski definition) is 3. The summed E-state index contributed by atoms with van der Waals surface area (Å²) in [7, 11) is 1.92. The highest BCUT2D eigenvalue weighted by Gasteiger charge is 2.24. The molecule has 110 valence electrons. The van der Waals surface area contributed by atoms with Crippen molar-refractivity contribution in [2.24, 2.45) is 5.92 Å². The molecule has 20 heavy (non-hydrogen) atoms. The van der Waals surface area contributed by atoms with Gasteiger partial charge in [0.1, 0.15) is 5.75 Å². The molecule has 0 atom stereocenters. The Bertz CT molecular complexity index is 456. The van der Waals surface area contributed by atoms with E-state index in [-0.39, 0.29) is 11.7 Å². The number of carbonyl (C=O) groups excluding carboxylic acids is 1. The summed E-state index contributed by atoms with van der Waals surface area (Å²) in [6.07, 6.45) is 4.70. The third-order valence-corrected chi connectivity index (χ3v) is 5.08. The normalized spacial score (nSPS) is 22.5. The van der Waals surface area contributed by atoms with Gasteiger partial charge in [-0.2, -0.15) is 0 Å². The van der Waals surface area contributed by atoms with Crippen molar-refractivity contribution in [1.82, 2.24) is 4.90 Å². The predicted octanol–water partition coefficient (Wildman–Crippen LogP) is 3.52. The number of benzene rings is 1. The summed E-state index contributed by atoms with van der Waals surface area (Å²) in [5, 5.41) is 9.41. The van der Waals surface area contributed by atoms with Crippen LogP contribution in [-0.4, -0.2) is 34.8 Å². The van der Waals surface area contributed by atoms with Gasteiger partial charge in [0.2, 0.25) is 5.91 Å². The highest BCUT2D eigenvalue weighted by molar-refractivity contribution is 8.00. The van der Waals surface area contributed by atoms with Gasteiger partial charge in [-0.3, -0.25) is 4.79 Å². The van der Waals surface area contributed by atoms with Gasteiger partial charge in [0.05, 0.1) is 5.75 Å². The maximum absolute atomic E-state index is 12.2. The minimum atomic E-state index is 0.179. The van der Waals surface area contributed by atoms with E-state index in [0.717, 1.165) is 23.7 Å². The van der Waals surface area contributed by atoms with E-state index < -0.39 is 0 Å². The number of phenols is 1. The summed E-state index contributed by atoms with van der Waals surface area (Å²) >= 11 is 1.48. The van der Waals surface area contributed by atoms with Gasteiger partial charge in [-0.05, 0) is 49.8 Å².